The van der Waals surface area contributed by atoms with Crippen molar-refractivity contribution in [2.75, 3.05) is 16.8 Å². The van der Waals surface area contributed by atoms with Gasteiger partial charge >= 0.3 is 0 Å². The number of aromatic nitrogens is 1. The van der Waals surface area contributed by atoms with E-state index in [1.807, 2.05) is 0 Å². The van der Waals surface area contributed by atoms with Crippen LogP contribution in [0.4, 0.5) is 16.5 Å². The second-order valence-electron chi connectivity index (χ2n) is 7.04. The van der Waals surface area contributed by atoms with Crippen LogP contribution in [-0.4, -0.2) is 19.3 Å². The van der Waals surface area contributed by atoms with Gasteiger partial charge in [-0.05, 0) is 35.9 Å². The molecule has 0 aliphatic heterocycles. The molecular weight excluding hydrogens is 482 g/mol. The maximum absolute atomic E-state index is 13.0. The second kappa shape index (κ2) is 8.83. The molecule has 0 aliphatic carbocycles. The van der Waals surface area contributed by atoms with Crippen molar-refractivity contribution in [2.24, 2.45) is 5.14 Å². The lowest BCUT2D eigenvalue weighted by Gasteiger charge is -2.10. The van der Waals surface area contributed by atoms with E-state index >= 15 is 0 Å². The van der Waals surface area contributed by atoms with Gasteiger partial charge in [0.1, 0.15) is 4.88 Å². The van der Waals surface area contributed by atoms with Crippen molar-refractivity contribution in [1.29, 1.82) is 0 Å². The molecule has 1 amide bonds. The van der Waals surface area contributed by atoms with Crippen molar-refractivity contribution in [1.82, 2.24) is 4.98 Å². The fourth-order valence-corrected chi connectivity index (χ4v) is 4.88. The molecule has 0 radical (unpaired) electrons. The zero-order valence-electron chi connectivity index (χ0n) is 16.9. The number of hydrogen-bond acceptors (Lipinski definition) is 7. The number of benzene rings is 3. The van der Waals surface area contributed by atoms with Crippen LogP contribution in [0.15, 0.2) is 71.6 Å². The Labute approximate surface area is 199 Å². The van der Waals surface area contributed by atoms with E-state index < -0.39 is 15.9 Å². The average Bonchev–Trinajstić information content (AvgIpc) is 3.17. The molecule has 0 fully saturated rings. The molecule has 11 heteroatoms. The van der Waals surface area contributed by atoms with E-state index in [0.717, 1.165) is 11.3 Å². The number of thiazole rings is 1. The number of halogens is 1. The lowest BCUT2D eigenvalue weighted by molar-refractivity contribution is 0.103. The average molecular weight is 500 g/mol. The smallest absolute Gasteiger partial charge is 0.268 e. The summed E-state index contributed by atoms with van der Waals surface area (Å²) in [4.78, 5) is 17.6. The summed E-state index contributed by atoms with van der Waals surface area (Å²) in [6.45, 7) is 0. The van der Waals surface area contributed by atoms with E-state index in [-0.39, 0.29) is 10.0 Å². The number of rotatable bonds is 5. The fraction of sp³-hybridized carbons (Fsp3) is 0. The Morgan fingerprint density at radius 1 is 0.970 bits per heavy atom. The van der Waals surface area contributed by atoms with Gasteiger partial charge in [0, 0.05) is 16.8 Å². The Hall–Kier alpha value is -3.44. The van der Waals surface area contributed by atoms with E-state index in [4.69, 9.17) is 28.2 Å². The molecule has 1 heterocycles. The van der Waals surface area contributed by atoms with Crippen LogP contribution in [0.5, 0.6) is 0 Å². The van der Waals surface area contributed by atoms with E-state index in [9.17, 15) is 13.2 Å². The Morgan fingerprint density at radius 3 is 2.30 bits per heavy atom. The van der Waals surface area contributed by atoms with Gasteiger partial charge in [-0.2, -0.15) is 0 Å². The molecule has 1 aromatic heterocycles. The highest BCUT2D eigenvalue weighted by Gasteiger charge is 2.20. The number of anilines is 3. The summed E-state index contributed by atoms with van der Waals surface area (Å²) in [5.41, 5.74) is 14.7. The molecule has 0 saturated carbocycles. The molecule has 0 saturated heterocycles. The molecule has 0 unspecified atom stereocenters. The molecule has 33 heavy (non-hydrogen) atoms. The van der Waals surface area contributed by atoms with Crippen LogP contribution < -0.4 is 21.9 Å². The van der Waals surface area contributed by atoms with Crippen LogP contribution in [0.2, 0.25) is 5.02 Å². The first-order chi connectivity index (χ1) is 15.6. The lowest BCUT2D eigenvalue weighted by Crippen LogP contribution is -2.13. The van der Waals surface area contributed by atoms with Crippen molar-refractivity contribution in [3.8, 4) is 22.4 Å². The predicted octanol–water partition coefficient (Wildman–Crippen LogP) is 4.19. The van der Waals surface area contributed by atoms with Gasteiger partial charge in [0.15, 0.2) is 5.13 Å². The molecule has 168 valence electrons. The number of nitrogens with two attached hydrogens (primary N) is 3. The van der Waals surface area contributed by atoms with Crippen LogP contribution >= 0.6 is 22.9 Å². The first kappa shape index (κ1) is 22.7. The summed E-state index contributed by atoms with van der Waals surface area (Å²) in [5, 5.41) is 8.76. The molecule has 3 aromatic carbocycles. The van der Waals surface area contributed by atoms with Gasteiger partial charge in [-0.3, -0.25) is 4.79 Å². The molecular formula is C22H18ClN5O3S2. The zero-order chi connectivity index (χ0) is 23.8. The third kappa shape index (κ3) is 4.83. The summed E-state index contributed by atoms with van der Waals surface area (Å²) >= 11 is 7.04. The summed E-state index contributed by atoms with van der Waals surface area (Å²) in [7, 11) is -3.89. The van der Waals surface area contributed by atoms with Crippen molar-refractivity contribution in [2.45, 2.75) is 4.90 Å². The van der Waals surface area contributed by atoms with Crippen LogP contribution in [-0.2, 0) is 10.0 Å². The van der Waals surface area contributed by atoms with Gasteiger partial charge < -0.3 is 16.8 Å². The highest BCUT2D eigenvalue weighted by Crippen LogP contribution is 2.33. The van der Waals surface area contributed by atoms with Gasteiger partial charge in [0.05, 0.1) is 21.3 Å². The van der Waals surface area contributed by atoms with Gasteiger partial charge in [-0.15, -0.1) is 0 Å². The maximum Gasteiger partial charge on any atom is 0.268 e. The number of nitrogens with one attached hydrogen (secondary N) is 1. The molecule has 0 aliphatic rings. The van der Waals surface area contributed by atoms with Gasteiger partial charge in [-0.25, -0.2) is 18.5 Å². The van der Waals surface area contributed by atoms with Crippen LogP contribution in [0.1, 0.15) is 9.67 Å². The molecule has 8 nitrogen and oxygen atoms in total. The molecule has 7 N–H and O–H groups in total. The van der Waals surface area contributed by atoms with Gasteiger partial charge in [-0.1, -0.05) is 59.3 Å². The van der Waals surface area contributed by atoms with Crippen molar-refractivity contribution in [3.63, 3.8) is 0 Å². The van der Waals surface area contributed by atoms with Gasteiger partial charge in [0.2, 0.25) is 10.0 Å². The van der Waals surface area contributed by atoms with E-state index in [2.05, 4.69) is 10.3 Å². The largest absolute Gasteiger partial charge is 0.398 e. The maximum atomic E-state index is 13.0. The van der Waals surface area contributed by atoms with Crippen LogP contribution in [0, 0.1) is 0 Å². The molecule has 0 spiro atoms. The fourth-order valence-electron chi connectivity index (χ4n) is 3.25. The molecule has 4 aromatic rings. The topological polar surface area (TPSA) is 154 Å². The van der Waals surface area contributed by atoms with Gasteiger partial charge in [0.25, 0.3) is 5.91 Å². The Balaban J connectivity index is 1.61. The number of nitrogen functional groups attached to an aromatic ring is 2. The van der Waals surface area contributed by atoms with Crippen molar-refractivity contribution < 1.29 is 13.2 Å². The van der Waals surface area contributed by atoms with E-state index in [1.165, 1.54) is 6.07 Å². The normalized spacial score (nSPS) is 11.3. The first-order valence-corrected chi connectivity index (χ1v) is 12.2. The minimum Gasteiger partial charge on any atom is -0.398 e. The van der Waals surface area contributed by atoms with Crippen molar-refractivity contribution in [3.05, 3.63) is 76.6 Å². The minimum absolute atomic E-state index is 0.0220. The second-order valence-corrected chi connectivity index (χ2v) is 10.0. The number of carbonyl (C=O) groups excluding carboxylic acids is 1. The van der Waals surface area contributed by atoms with Crippen LogP contribution in [0.3, 0.4) is 0 Å². The summed E-state index contributed by atoms with van der Waals surface area (Å²) < 4.78 is 23.8. The number of amides is 1. The number of carbonyl (C=O) groups is 1. The highest BCUT2D eigenvalue weighted by atomic mass is 35.5. The number of nitrogens with zero attached hydrogens (tertiary/aromatic N) is 1. The Morgan fingerprint density at radius 2 is 1.64 bits per heavy atom. The number of sulfonamides is 1. The minimum atomic E-state index is -3.89. The summed E-state index contributed by atoms with van der Waals surface area (Å²) in [6.07, 6.45) is 0. The summed E-state index contributed by atoms with van der Waals surface area (Å²) in [5.74, 6) is -0.398. The standard InChI is InChI=1S/C22H18ClN5O3S2/c23-16-10-7-13(11-17(16)24)19-20(32-22(25)28-19)21(29)27-14-8-5-12(6-9-14)15-3-1-2-4-18(15)33(26,30)31/h1-11H,24H2,(H2,25,28)(H,27,29)(H2,26,30,31). The van der Waals surface area contributed by atoms with E-state index in [0.29, 0.717) is 43.7 Å². The quantitative estimate of drug-likeness (QED) is 0.302. The lowest BCUT2D eigenvalue weighted by atomic mass is 10.1. The monoisotopic (exact) mass is 499 g/mol. The SMILES string of the molecule is Nc1nc(-c2ccc(Cl)c(N)c2)c(C(=O)Nc2ccc(-c3ccccc3S(N)(=O)=O)cc2)s1. The van der Waals surface area contributed by atoms with Crippen LogP contribution in [0.25, 0.3) is 22.4 Å². The molecule has 0 bridgehead atoms. The number of hydrogen-bond donors (Lipinski definition) is 4. The third-order valence-corrected chi connectivity index (χ3v) is 6.96. The first-order valence-electron chi connectivity index (χ1n) is 9.49. The highest BCUT2D eigenvalue weighted by molar-refractivity contribution is 7.89. The van der Waals surface area contributed by atoms with E-state index in [1.54, 1.807) is 60.7 Å². The van der Waals surface area contributed by atoms with Crippen molar-refractivity contribution >= 4 is 55.4 Å². The third-order valence-electron chi connectivity index (χ3n) is 4.77. The summed E-state index contributed by atoms with van der Waals surface area (Å²) in [6, 6.07) is 18.1. The molecule has 0 atom stereocenters. The Bertz CT molecular complexity index is 1470. The zero-order valence-corrected chi connectivity index (χ0v) is 19.3. The molecule has 4 rings (SSSR count). The predicted molar refractivity (Wildman–Crippen MR) is 133 cm³/mol. The number of primary sulfonamides is 1. The Kier molecular flexibility index (Phi) is 6.09.